The third kappa shape index (κ3) is 2.96. The van der Waals surface area contributed by atoms with Gasteiger partial charge in [-0.15, -0.1) is 12.4 Å². The van der Waals surface area contributed by atoms with E-state index in [0.717, 1.165) is 26.2 Å². The second kappa shape index (κ2) is 6.12. The summed E-state index contributed by atoms with van der Waals surface area (Å²) in [5, 5.41) is 6.67. The average molecular weight is 242 g/mol. The Labute approximate surface area is 98.9 Å². The maximum atomic E-state index is 8.22. The Morgan fingerprint density at radius 3 is 2.50 bits per heavy atom. The van der Waals surface area contributed by atoms with Crippen molar-refractivity contribution in [3.8, 4) is 0 Å². The van der Waals surface area contributed by atoms with E-state index in [9.17, 15) is 0 Å². The van der Waals surface area contributed by atoms with Crippen LogP contribution in [0.1, 0.15) is 0 Å². The zero-order valence-electron chi connectivity index (χ0n) is 8.57. The molecule has 86 valence electrons. The van der Waals surface area contributed by atoms with Crippen molar-refractivity contribution >= 4 is 24.0 Å². The van der Waals surface area contributed by atoms with Gasteiger partial charge in [-0.1, -0.05) is 5.11 Å². The first-order chi connectivity index (χ1) is 7.40. The van der Waals surface area contributed by atoms with E-state index in [4.69, 9.17) is 5.53 Å². The first-order valence-corrected chi connectivity index (χ1v) is 4.73. The van der Waals surface area contributed by atoms with Crippen LogP contribution in [0.4, 0.5) is 11.6 Å². The Kier molecular flexibility index (Phi) is 4.78. The summed E-state index contributed by atoms with van der Waals surface area (Å²) in [4.78, 5) is 13.0. The van der Waals surface area contributed by atoms with Crippen LogP contribution in [0, 0.1) is 0 Å². The van der Waals surface area contributed by atoms with Crippen molar-refractivity contribution < 1.29 is 0 Å². The minimum atomic E-state index is 0. The van der Waals surface area contributed by atoms with Crippen molar-refractivity contribution in [3.63, 3.8) is 0 Å². The van der Waals surface area contributed by atoms with Gasteiger partial charge in [-0.2, -0.15) is 0 Å². The molecule has 0 saturated carbocycles. The highest BCUT2D eigenvalue weighted by Gasteiger charge is 2.11. The largest absolute Gasteiger partial charge is 0.338 e. The van der Waals surface area contributed by atoms with E-state index in [1.807, 2.05) is 0 Å². The summed E-state index contributed by atoms with van der Waals surface area (Å²) < 4.78 is 0. The molecule has 0 radical (unpaired) electrons. The molecule has 1 fully saturated rings. The highest BCUT2D eigenvalue weighted by Crippen LogP contribution is 2.12. The summed E-state index contributed by atoms with van der Waals surface area (Å²) in [5.74, 6) is 0.688. The molecular formula is C8H12ClN7. The molecule has 0 spiro atoms. The lowest BCUT2D eigenvalue weighted by molar-refractivity contribution is 0.580. The lowest BCUT2D eigenvalue weighted by atomic mass is 10.4. The van der Waals surface area contributed by atoms with Crippen molar-refractivity contribution in [3.05, 3.63) is 22.8 Å². The number of nitrogens with one attached hydrogen (secondary N) is 1. The minimum Gasteiger partial charge on any atom is -0.338 e. The van der Waals surface area contributed by atoms with Gasteiger partial charge in [0.25, 0.3) is 0 Å². The molecule has 1 aromatic rings. The van der Waals surface area contributed by atoms with Crippen LogP contribution in [-0.4, -0.2) is 36.1 Å². The Morgan fingerprint density at radius 1 is 1.31 bits per heavy atom. The van der Waals surface area contributed by atoms with E-state index in [1.54, 1.807) is 0 Å². The number of hydrogen-bond acceptors (Lipinski definition) is 5. The summed E-state index contributed by atoms with van der Waals surface area (Å²) in [6.45, 7) is 3.70. The molecule has 8 heteroatoms. The maximum Gasteiger partial charge on any atom is 0.225 e. The summed E-state index contributed by atoms with van der Waals surface area (Å²) >= 11 is 0. The molecule has 0 amide bonds. The van der Waals surface area contributed by atoms with Crippen molar-refractivity contribution in [2.75, 3.05) is 31.1 Å². The summed E-state index contributed by atoms with van der Waals surface area (Å²) in [5.41, 5.74) is 8.66. The van der Waals surface area contributed by atoms with Gasteiger partial charge >= 0.3 is 0 Å². The van der Waals surface area contributed by atoms with Gasteiger partial charge in [-0.3, -0.25) is 0 Å². The second-order valence-electron chi connectivity index (χ2n) is 3.17. The maximum absolute atomic E-state index is 8.22. The number of nitrogens with zero attached hydrogens (tertiary/aromatic N) is 6. The summed E-state index contributed by atoms with van der Waals surface area (Å²) in [6.07, 6.45) is 3.06. The smallest absolute Gasteiger partial charge is 0.225 e. The zero-order chi connectivity index (χ0) is 10.5. The number of anilines is 1. The topological polar surface area (TPSA) is 89.8 Å². The molecule has 0 bridgehead atoms. The fourth-order valence-electron chi connectivity index (χ4n) is 1.45. The van der Waals surface area contributed by atoms with E-state index in [1.165, 1.54) is 12.4 Å². The number of rotatable bonds is 2. The first-order valence-electron chi connectivity index (χ1n) is 4.73. The molecule has 0 unspecified atom stereocenters. The Hall–Kier alpha value is -1.56. The van der Waals surface area contributed by atoms with Crippen LogP contribution >= 0.6 is 12.4 Å². The molecule has 1 N–H and O–H groups in total. The zero-order valence-corrected chi connectivity index (χ0v) is 9.39. The number of halogens is 1. The summed E-state index contributed by atoms with van der Waals surface area (Å²) in [6, 6.07) is 0. The molecule has 16 heavy (non-hydrogen) atoms. The van der Waals surface area contributed by atoms with Crippen LogP contribution < -0.4 is 10.2 Å². The van der Waals surface area contributed by atoms with Crippen molar-refractivity contribution in [1.82, 2.24) is 15.3 Å². The van der Waals surface area contributed by atoms with Gasteiger partial charge in [0.05, 0.1) is 5.69 Å². The molecule has 7 nitrogen and oxygen atoms in total. The monoisotopic (exact) mass is 241 g/mol. The van der Waals surface area contributed by atoms with E-state index in [-0.39, 0.29) is 12.4 Å². The molecule has 0 aromatic carbocycles. The minimum absolute atomic E-state index is 0. The van der Waals surface area contributed by atoms with Crippen LogP contribution in [0.2, 0.25) is 0 Å². The van der Waals surface area contributed by atoms with E-state index >= 15 is 0 Å². The van der Waals surface area contributed by atoms with Crippen LogP contribution in [0.25, 0.3) is 10.4 Å². The van der Waals surface area contributed by atoms with Gasteiger partial charge in [0.2, 0.25) is 5.95 Å². The van der Waals surface area contributed by atoms with Gasteiger partial charge < -0.3 is 10.2 Å². The van der Waals surface area contributed by atoms with Gasteiger partial charge in [0, 0.05) is 43.5 Å². The number of aromatic nitrogens is 2. The molecule has 1 aromatic heterocycles. The lowest BCUT2D eigenvalue weighted by Gasteiger charge is -2.27. The van der Waals surface area contributed by atoms with Crippen LogP contribution in [0.15, 0.2) is 17.5 Å². The molecule has 1 aliphatic rings. The quantitative estimate of drug-likeness (QED) is 0.479. The third-order valence-corrected chi connectivity index (χ3v) is 2.18. The molecule has 1 aliphatic heterocycles. The van der Waals surface area contributed by atoms with Crippen molar-refractivity contribution in [2.45, 2.75) is 0 Å². The van der Waals surface area contributed by atoms with Crippen molar-refractivity contribution in [1.29, 1.82) is 0 Å². The molecule has 2 rings (SSSR count). The molecule has 0 aliphatic carbocycles. The SMILES string of the molecule is Cl.[N-]=[N+]=Nc1cnc(N2CCNCC2)nc1. The Balaban J connectivity index is 0.00000128. The van der Waals surface area contributed by atoms with Gasteiger partial charge in [-0.05, 0) is 5.53 Å². The normalized spacial score (nSPS) is 14.9. The lowest BCUT2D eigenvalue weighted by Crippen LogP contribution is -2.44. The standard InChI is InChI=1S/C8H11N7.ClH/c9-14-13-7-5-11-8(12-6-7)15-3-1-10-2-4-15;/h5-6,10H,1-4H2;1H. The highest BCUT2D eigenvalue weighted by molar-refractivity contribution is 5.85. The number of hydrogen-bond donors (Lipinski definition) is 1. The second-order valence-corrected chi connectivity index (χ2v) is 3.17. The van der Waals surface area contributed by atoms with Gasteiger partial charge in [-0.25, -0.2) is 9.97 Å². The molecule has 0 atom stereocenters. The first kappa shape index (κ1) is 12.5. The van der Waals surface area contributed by atoms with Crippen LogP contribution in [0.5, 0.6) is 0 Å². The van der Waals surface area contributed by atoms with Gasteiger partial charge in [0.15, 0.2) is 0 Å². The summed E-state index contributed by atoms with van der Waals surface area (Å²) in [7, 11) is 0. The molecular weight excluding hydrogens is 230 g/mol. The van der Waals surface area contributed by atoms with Crippen LogP contribution in [-0.2, 0) is 0 Å². The third-order valence-electron chi connectivity index (χ3n) is 2.18. The average Bonchev–Trinajstić information content (AvgIpc) is 2.32. The predicted molar refractivity (Wildman–Crippen MR) is 63.2 cm³/mol. The fourth-order valence-corrected chi connectivity index (χ4v) is 1.45. The number of azide groups is 1. The molecule has 2 heterocycles. The Morgan fingerprint density at radius 2 is 1.94 bits per heavy atom. The Bertz CT molecular complexity index is 366. The van der Waals surface area contributed by atoms with E-state index in [0.29, 0.717) is 11.6 Å². The molecule has 1 saturated heterocycles. The van der Waals surface area contributed by atoms with Crippen LogP contribution in [0.3, 0.4) is 0 Å². The fraction of sp³-hybridized carbons (Fsp3) is 0.500. The van der Waals surface area contributed by atoms with E-state index in [2.05, 4.69) is 30.2 Å². The number of piperazine rings is 1. The highest BCUT2D eigenvalue weighted by atomic mass is 35.5. The van der Waals surface area contributed by atoms with Crippen molar-refractivity contribution in [2.24, 2.45) is 5.11 Å². The van der Waals surface area contributed by atoms with E-state index < -0.39 is 0 Å². The van der Waals surface area contributed by atoms with Gasteiger partial charge in [0.1, 0.15) is 0 Å². The predicted octanol–water partition coefficient (Wildman–Crippen LogP) is 1.25.